The minimum atomic E-state index is -0.160. The fraction of sp³-hybridized carbons (Fsp3) is 0.300. The summed E-state index contributed by atoms with van der Waals surface area (Å²) in [6.07, 6.45) is 2.90. The largest absolute Gasteiger partial charge is 0.461 e. The quantitative estimate of drug-likeness (QED) is 0.661. The van der Waals surface area contributed by atoms with Crippen molar-refractivity contribution in [2.75, 3.05) is 4.90 Å². The van der Waals surface area contributed by atoms with E-state index in [0.29, 0.717) is 28.4 Å². The Morgan fingerprint density at radius 2 is 1.92 bits per heavy atom. The Kier molecular flexibility index (Phi) is 3.76. The number of thiocarbonyl (C=S) groups is 1. The van der Waals surface area contributed by atoms with Crippen LogP contribution in [0.3, 0.4) is 0 Å². The van der Waals surface area contributed by atoms with Crippen LogP contribution in [0.1, 0.15) is 41.9 Å². The van der Waals surface area contributed by atoms with Crippen LogP contribution in [0.5, 0.6) is 0 Å². The van der Waals surface area contributed by atoms with Gasteiger partial charge in [-0.3, -0.25) is 9.69 Å². The van der Waals surface area contributed by atoms with Crippen LogP contribution in [0.25, 0.3) is 6.08 Å². The van der Waals surface area contributed by atoms with Crippen molar-refractivity contribution in [3.63, 3.8) is 0 Å². The Morgan fingerprint density at radius 3 is 2.56 bits per heavy atom. The first-order valence-electron chi connectivity index (χ1n) is 8.47. The number of amides is 1. The number of nitrogens with zero attached hydrogens (tertiary/aromatic N) is 1. The molecule has 1 saturated heterocycles. The highest BCUT2D eigenvalue weighted by molar-refractivity contribution is 7.80. The Balaban J connectivity index is 1.61. The average molecular weight is 352 g/mol. The van der Waals surface area contributed by atoms with Gasteiger partial charge in [-0.2, -0.15) is 0 Å². The monoisotopic (exact) mass is 352 g/mol. The summed E-state index contributed by atoms with van der Waals surface area (Å²) >= 11 is 5.37. The first-order valence-corrected chi connectivity index (χ1v) is 8.88. The molecule has 128 valence electrons. The van der Waals surface area contributed by atoms with E-state index in [2.05, 4.69) is 18.3 Å². The maximum atomic E-state index is 12.8. The molecule has 0 unspecified atom stereocenters. The lowest BCUT2D eigenvalue weighted by atomic mass is 10.1. The highest BCUT2D eigenvalue weighted by Crippen LogP contribution is 2.47. The molecule has 1 aliphatic heterocycles. The molecule has 1 amide bonds. The van der Waals surface area contributed by atoms with Crippen molar-refractivity contribution in [3.8, 4) is 0 Å². The summed E-state index contributed by atoms with van der Waals surface area (Å²) in [5.74, 6) is 2.72. The zero-order valence-electron chi connectivity index (χ0n) is 14.5. The van der Waals surface area contributed by atoms with Crippen LogP contribution < -0.4 is 10.2 Å². The van der Waals surface area contributed by atoms with Crippen molar-refractivity contribution in [3.05, 3.63) is 58.7 Å². The summed E-state index contributed by atoms with van der Waals surface area (Å²) in [7, 11) is 0. The molecule has 25 heavy (non-hydrogen) atoms. The van der Waals surface area contributed by atoms with Crippen molar-refractivity contribution in [2.24, 2.45) is 5.92 Å². The molecule has 0 spiro atoms. The molecule has 2 heterocycles. The van der Waals surface area contributed by atoms with Crippen LogP contribution in [0.15, 0.2) is 40.4 Å². The van der Waals surface area contributed by atoms with Crippen molar-refractivity contribution in [2.45, 2.75) is 33.1 Å². The second kappa shape index (κ2) is 5.85. The number of carbonyl (C=O) groups excluding carboxylic acids is 1. The number of anilines is 1. The van der Waals surface area contributed by atoms with Gasteiger partial charge in [0.1, 0.15) is 17.2 Å². The van der Waals surface area contributed by atoms with E-state index in [4.69, 9.17) is 16.6 Å². The summed E-state index contributed by atoms with van der Waals surface area (Å²) in [4.78, 5) is 14.4. The smallest absolute Gasteiger partial charge is 0.281 e. The molecule has 1 N–H and O–H groups in total. The van der Waals surface area contributed by atoms with Gasteiger partial charge in [-0.1, -0.05) is 13.0 Å². The molecule has 5 heteroatoms. The number of aryl methyl sites for hydroxylation is 2. The van der Waals surface area contributed by atoms with Crippen LogP contribution in [0, 0.1) is 19.8 Å². The molecule has 0 bridgehead atoms. The van der Waals surface area contributed by atoms with Gasteiger partial charge in [-0.05, 0) is 73.8 Å². The predicted molar refractivity (Wildman–Crippen MR) is 102 cm³/mol. The fourth-order valence-corrected chi connectivity index (χ4v) is 3.65. The lowest BCUT2D eigenvalue weighted by Gasteiger charge is -2.15. The summed E-state index contributed by atoms with van der Waals surface area (Å²) in [6.45, 7) is 6.23. The van der Waals surface area contributed by atoms with Crippen molar-refractivity contribution in [1.29, 1.82) is 0 Å². The van der Waals surface area contributed by atoms with E-state index in [9.17, 15) is 4.79 Å². The first-order chi connectivity index (χ1) is 11.9. The Morgan fingerprint density at radius 1 is 1.24 bits per heavy atom. The lowest BCUT2D eigenvalue weighted by molar-refractivity contribution is -0.113. The highest BCUT2D eigenvalue weighted by Gasteiger charge is 2.37. The Bertz CT molecular complexity index is 892. The molecule has 2 atom stereocenters. The van der Waals surface area contributed by atoms with Gasteiger partial charge in [0.05, 0.1) is 5.69 Å². The molecular weight excluding hydrogens is 332 g/mol. The van der Waals surface area contributed by atoms with Crippen LogP contribution in [0.2, 0.25) is 0 Å². The molecule has 2 fully saturated rings. The van der Waals surface area contributed by atoms with E-state index in [-0.39, 0.29) is 5.91 Å². The van der Waals surface area contributed by atoms with Gasteiger partial charge in [0, 0.05) is 12.0 Å². The van der Waals surface area contributed by atoms with E-state index >= 15 is 0 Å². The zero-order valence-corrected chi connectivity index (χ0v) is 15.3. The summed E-state index contributed by atoms with van der Waals surface area (Å²) in [5, 5.41) is 3.40. The maximum Gasteiger partial charge on any atom is 0.281 e. The maximum absolute atomic E-state index is 12.8. The van der Waals surface area contributed by atoms with Crippen LogP contribution in [0.4, 0.5) is 5.69 Å². The molecule has 2 aromatic rings. The van der Waals surface area contributed by atoms with Crippen LogP contribution in [-0.2, 0) is 4.79 Å². The number of nitrogens with one attached hydrogen (secondary N) is 1. The van der Waals surface area contributed by atoms with Gasteiger partial charge < -0.3 is 9.73 Å². The molecule has 2 aliphatic rings. The van der Waals surface area contributed by atoms with Gasteiger partial charge in [-0.25, -0.2) is 0 Å². The van der Waals surface area contributed by atoms with Gasteiger partial charge in [-0.15, -0.1) is 0 Å². The van der Waals surface area contributed by atoms with Crippen molar-refractivity contribution < 1.29 is 9.21 Å². The van der Waals surface area contributed by atoms with Crippen molar-refractivity contribution in [1.82, 2.24) is 5.32 Å². The molecule has 1 aliphatic carbocycles. The lowest BCUT2D eigenvalue weighted by Crippen LogP contribution is -2.30. The van der Waals surface area contributed by atoms with E-state index in [1.54, 1.807) is 6.08 Å². The van der Waals surface area contributed by atoms with Gasteiger partial charge in [0.25, 0.3) is 5.91 Å². The van der Waals surface area contributed by atoms with Crippen molar-refractivity contribution >= 4 is 35.0 Å². The Hall–Kier alpha value is -2.40. The predicted octanol–water partition coefficient (Wildman–Crippen LogP) is 4.28. The number of furan rings is 1. The van der Waals surface area contributed by atoms with Crippen LogP contribution in [-0.4, -0.2) is 11.0 Å². The number of carbonyl (C=O) groups is 1. The number of rotatable bonds is 3. The average Bonchev–Trinajstić information content (AvgIpc) is 2.97. The second-order valence-corrected chi connectivity index (χ2v) is 7.42. The number of benzene rings is 1. The van der Waals surface area contributed by atoms with E-state index < -0.39 is 0 Å². The third kappa shape index (κ3) is 3.00. The summed E-state index contributed by atoms with van der Waals surface area (Å²) < 4.78 is 5.87. The topological polar surface area (TPSA) is 45.5 Å². The molecule has 1 saturated carbocycles. The van der Waals surface area contributed by atoms with Gasteiger partial charge >= 0.3 is 0 Å². The minimum Gasteiger partial charge on any atom is -0.461 e. The molecule has 0 radical (unpaired) electrons. The summed E-state index contributed by atoms with van der Waals surface area (Å²) in [5.41, 5.74) is 3.42. The van der Waals surface area contributed by atoms with E-state index in [1.165, 1.54) is 11.3 Å². The molecule has 4 rings (SSSR count). The second-order valence-electron chi connectivity index (χ2n) is 7.03. The molecule has 1 aromatic carbocycles. The first kappa shape index (κ1) is 16.1. The molecule has 1 aromatic heterocycles. The minimum absolute atomic E-state index is 0.160. The fourth-order valence-electron chi connectivity index (χ4n) is 3.36. The molecule has 4 nitrogen and oxygen atoms in total. The highest BCUT2D eigenvalue weighted by atomic mass is 32.1. The van der Waals surface area contributed by atoms with Crippen LogP contribution >= 0.6 is 12.2 Å². The third-order valence-electron chi connectivity index (χ3n) is 4.75. The normalized spacial score (nSPS) is 24.1. The number of hydrogen-bond donors (Lipinski definition) is 1. The summed E-state index contributed by atoms with van der Waals surface area (Å²) in [6, 6.07) is 9.90. The van der Waals surface area contributed by atoms with E-state index in [1.807, 2.05) is 38.1 Å². The van der Waals surface area contributed by atoms with Gasteiger partial charge in [0.2, 0.25) is 0 Å². The SMILES string of the molecule is Cc1cc(C)cc(N2C(=O)/C(=C/c3ccc([C@@H]4C[C@@H]4C)o3)NC2=S)c1. The zero-order chi connectivity index (χ0) is 17.7. The number of hydrogen-bond acceptors (Lipinski definition) is 3. The molecular formula is C20H20N2O2S. The standard InChI is InChI=1S/C20H20N2O2S/c1-11-6-12(2)8-14(7-11)22-19(23)17(21-20(22)25)10-15-4-5-18(24-15)16-9-13(16)3/h4-8,10,13,16H,9H2,1-3H3,(H,21,25)/b17-10-/t13-,16+/m0/s1. The van der Waals surface area contributed by atoms with Gasteiger partial charge in [0.15, 0.2) is 5.11 Å². The Labute approximate surface area is 152 Å². The third-order valence-corrected chi connectivity index (χ3v) is 5.04. The van der Waals surface area contributed by atoms with E-state index in [0.717, 1.165) is 22.6 Å².